The molecule has 0 spiro atoms. The summed E-state index contributed by atoms with van der Waals surface area (Å²) in [6, 6.07) is 11.1. The monoisotopic (exact) mass is 334 g/mol. The molecule has 0 saturated heterocycles. The molecule has 20 heavy (non-hydrogen) atoms. The van der Waals surface area contributed by atoms with Crippen LogP contribution in [0.5, 0.6) is 0 Å². The summed E-state index contributed by atoms with van der Waals surface area (Å²) < 4.78 is 14.5. The highest BCUT2D eigenvalue weighted by molar-refractivity contribution is 9.10. The van der Waals surface area contributed by atoms with Gasteiger partial charge in [-0.05, 0) is 48.1 Å². The van der Waals surface area contributed by atoms with E-state index in [0.717, 1.165) is 18.4 Å². The minimum Gasteiger partial charge on any atom is -0.388 e. The first-order valence-corrected chi connectivity index (χ1v) is 7.66. The van der Waals surface area contributed by atoms with Crippen LogP contribution in [0.1, 0.15) is 34.8 Å². The molecule has 3 rings (SSSR count). The van der Waals surface area contributed by atoms with Crippen molar-refractivity contribution in [2.24, 2.45) is 0 Å². The Morgan fingerprint density at radius 2 is 1.90 bits per heavy atom. The first-order chi connectivity index (χ1) is 9.63. The molecule has 0 amide bonds. The van der Waals surface area contributed by atoms with Gasteiger partial charge in [-0.3, -0.25) is 0 Å². The zero-order valence-electron chi connectivity index (χ0n) is 11.1. The summed E-state index contributed by atoms with van der Waals surface area (Å²) in [5.74, 6) is -0.368. The van der Waals surface area contributed by atoms with E-state index in [2.05, 4.69) is 28.1 Å². The van der Waals surface area contributed by atoms with Crippen molar-refractivity contribution in [3.05, 3.63) is 68.9 Å². The molecule has 1 aliphatic carbocycles. The molecule has 0 aliphatic heterocycles. The Labute approximate surface area is 126 Å². The molecule has 0 heterocycles. The number of aryl methyl sites for hydroxylation is 2. The van der Waals surface area contributed by atoms with Gasteiger partial charge in [0.2, 0.25) is 0 Å². The summed E-state index contributed by atoms with van der Waals surface area (Å²) >= 11 is 3.22. The highest BCUT2D eigenvalue weighted by Crippen LogP contribution is 2.27. The van der Waals surface area contributed by atoms with E-state index in [1.54, 1.807) is 12.1 Å². The number of benzene rings is 2. The van der Waals surface area contributed by atoms with E-state index in [4.69, 9.17) is 0 Å². The average molecular weight is 335 g/mol. The van der Waals surface area contributed by atoms with Crippen LogP contribution in [0.3, 0.4) is 0 Å². The Kier molecular flexibility index (Phi) is 3.90. The standard InChI is InChI=1S/C17H16BrFO/c18-14-6-7-15(16(19)10-14)17(20)9-11-4-5-12-2-1-3-13(12)8-11/h4-8,10,17,20H,1-3,9H2. The molecule has 0 radical (unpaired) electrons. The second-order valence-corrected chi connectivity index (χ2v) is 6.26. The Balaban J connectivity index is 1.80. The molecule has 1 nitrogen and oxygen atoms in total. The maximum Gasteiger partial charge on any atom is 0.130 e. The van der Waals surface area contributed by atoms with E-state index in [1.807, 2.05) is 6.07 Å². The first kappa shape index (κ1) is 13.8. The number of hydrogen-bond acceptors (Lipinski definition) is 1. The molecule has 0 saturated carbocycles. The van der Waals surface area contributed by atoms with Crippen molar-refractivity contribution >= 4 is 15.9 Å². The summed E-state index contributed by atoms with van der Waals surface area (Å²) in [7, 11) is 0. The number of fused-ring (bicyclic) bond motifs is 1. The van der Waals surface area contributed by atoms with Gasteiger partial charge < -0.3 is 5.11 Å². The normalized spacial score (nSPS) is 15.2. The number of halogens is 2. The third kappa shape index (κ3) is 2.79. The quantitative estimate of drug-likeness (QED) is 0.884. The van der Waals surface area contributed by atoms with Crippen molar-refractivity contribution in [1.82, 2.24) is 0 Å². The topological polar surface area (TPSA) is 20.2 Å². The molecular weight excluding hydrogens is 319 g/mol. The van der Waals surface area contributed by atoms with Crippen molar-refractivity contribution < 1.29 is 9.50 Å². The van der Waals surface area contributed by atoms with Crippen molar-refractivity contribution in [3.63, 3.8) is 0 Å². The first-order valence-electron chi connectivity index (χ1n) is 6.87. The van der Waals surface area contributed by atoms with Crippen molar-refractivity contribution in [2.75, 3.05) is 0 Å². The van der Waals surface area contributed by atoms with Gasteiger partial charge in [0.25, 0.3) is 0 Å². The predicted molar refractivity (Wildman–Crippen MR) is 81.2 cm³/mol. The largest absolute Gasteiger partial charge is 0.388 e. The van der Waals surface area contributed by atoms with Crippen LogP contribution >= 0.6 is 15.9 Å². The van der Waals surface area contributed by atoms with E-state index in [0.29, 0.717) is 16.5 Å². The summed E-state index contributed by atoms with van der Waals surface area (Å²) in [6.07, 6.45) is 3.13. The van der Waals surface area contributed by atoms with E-state index in [-0.39, 0.29) is 5.82 Å². The van der Waals surface area contributed by atoms with Crippen LogP contribution in [0.2, 0.25) is 0 Å². The van der Waals surface area contributed by atoms with Gasteiger partial charge in [-0.15, -0.1) is 0 Å². The molecule has 2 aromatic rings. The minimum atomic E-state index is -0.803. The van der Waals surface area contributed by atoms with E-state index < -0.39 is 6.10 Å². The highest BCUT2D eigenvalue weighted by Gasteiger charge is 2.16. The summed E-state index contributed by atoms with van der Waals surface area (Å²) in [5.41, 5.74) is 4.22. The van der Waals surface area contributed by atoms with Crippen LogP contribution in [0.25, 0.3) is 0 Å². The lowest BCUT2D eigenvalue weighted by Gasteiger charge is -2.13. The van der Waals surface area contributed by atoms with Gasteiger partial charge in [0.1, 0.15) is 5.82 Å². The van der Waals surface area contributed by atoms with Gasteiger partial charge in [0, 0.05) is 16.5 Å². The molecule has 0 fully saturated rings. The average Bonchev–Trinajstić information content (AvgIpc) is 2.85. The van der Waals surface area contributed by atoms with Gasteiger partial charge in [0.15, 0.2) is 0 Å². The van der Waals surface area contributed by atoms with E-state index >= 15 is 0 Å². The zero-order chi connectivity index (χ0) is 14.1. The Hall–Kier alpha value is -1.19. The van der Waals surface area contributed by atoms with Crippen LogP contribution in [0.4, 0.5) is 4.39 Å². The molecule has 0 aromatic heterocycles. The second-order valence-electron chi connectivity index (χ2n) is 5.34. The van der Waals surface area contributed by atoms with Crippen LogP contribution in [0.15, 0.2) is 40.9 Å². The third-order valence-electron chi connectivity index (χ3n) is 3.91. The minimum absolute atomic E-state index is 0.355. The van der Waals surface area contributed by atoms with Gasteiger partial charge >= 0.3 is 0 Å². The van der Waals surface area contributed by atoms with E-state index in [9.17, 15) is 9.50 Å². The van der Waals surface area contributed by atoms with Gasteiger partial charge in [-0.2, -0.15) is 0 Å². The van der Waals surface area contributed by atoms with Crippen molar-refractivity contribution in [3.8, 4) is 0 Å². The van der Waals surface area contributed by atoms with Gasteiger partial charge in [0.05, 0.1) is 6.10 Å². The lowest BCUT2D eigenvalue weighted by atomic mass is 9.98. The molecular formula is C17H16BrFO. The van der Waals surface area contributed by atoms with Crippen LogP contribution in [-0.4, -0.2) is 5.11 Å². The van der Waals surface area contributed by atoms with Crippen molar-refractivity contribution in [2.45, 2.75) is 31.8 Å². The fourth-order valence-electron chi connectivity index (χ4n) is 2.86. The molecule has 1 atom stereocenters. The lowest BCUT2D eigenvalue weighted by molar-refractivity contribution is 0.173. The summed E-state index contributed by atoms with van der Waals surface area (Å²) in [4.78, 5) is 0. The smallest absolute Gasteiger partial charge is 0.130 e. The Bertz CT molecular complexity index is 639. The van der Waals surface area contributed by atoms with Crippen LogP contribution < -0.4 is 0 Å². The third-order valence-corrected chi connectivity index (χ3v) is 4.41. The maximum atomic E-state index is 13.8. The molecule has 2 aromatic carbocycles. The molecule has 1 unspecified atom stereocenters. The van der Waals surface area contributed by atoms with Crippen molar-refractivity contribution in [1.29, 1.82) is 0 Å². The molecule has 1 N–H and O–H groups in total. The number of aliphatic hydroxyl groups excluding tert-OH is 1. The van der Waals surface area contributed by atoms with Gasteiger partial charge in [-0.1, -0.05) is 40.2 Å². The molecule has 3 heteroatoms. The highest BCUT2D eigenvalue weighted by atomic mass is 79.9. The number of aliphatic hydroxyl groups is 1. The fraction of sp³-hybridized carbons (Fsp3) is 0.294. The molecule has 0 bridgehead atoms. The second kappa shape index (κ2) is 5.66. The summed E-state index contributed by atoms with van der Waals surface area (Å²) in [6.45, 7) is 0. The SMILES string of the molecule is OC(Cc1ccc2c(c1)CCC2)c1ccc(Br)cc1F. The van der Waals surface area contributed by atoms with Crippen LogP contribution in [-0.2, 0) is 19.3 Å². The fourth-order valence-corrected chi connectivity index (χ4v) is 3.19. The summed E-state index contributed by atoms with van der Waals surface area (Å²) in [5, 5.41) is 10.2. The predicted octanol–water partition coefficient (Wildman–Crippen LogP) is 4.35. The maximum absolute atomic E-state index is 13.8. The molecule has 104 valence electrons. The Morgan fingerprint density at radius 1 is 1.10 bits per heavy atom. The number of hydrogen-bond donors (Lipinski definition) is 1. The zero-order valence-corrected chi connectivity index (χ0v) is 12.7. The van der Waals surface area contributed by atoms with E-state index in [1.165, 1.54) is 23.6 Å². The number of rotatable bonds is 3. The Morgan fingerprint density at radius 3 is 2.70 bits per heavy atom. The van der Waals surface area contributed by atoms with Crippen LogP contribution in [0, 0.1) is 5.82 Å². The lowest BCUT2D eigenvalue weighted by Crippen LogP contribution is -2.05. The van der Waals surface area contributed by atoms with Gasteiger partial charge in [-0.25, -0.2) is 4.39 Å². The molecule has 1 aliphatic rings.